The molecule has 3 aromatic rings. The minimum atomic E-state index is -2.48. The topological polar surface area (TPSA) is 95.2 Å². The third kappa shape index (κ3) is 4.60. The van der Waals surface area contributed by atoms with Crippen LogP contribution in [0, 0.1) is 140 Å². The Labute approximate surface area is 259 Å². The summed E-state index contributed by atoms with van der Waals surface area (Å²) in [5.74, 6) is -26.1. The van der Waals surface area contributed by atoms with E-state index in [-0.39, 0.29) is 0 Å². The highest BCUT2D eigenvalue weighted by atomic mass is 19.2. The predicted molar refractivity (Wildman–Crippen MR) is 137 cm³/mol. The highest BCUT2D eigenvalue weighted by Gasteiger charge is 2.46. The van der Waals surface area contributed by atoms with Gasteiger partial charge in [-0.2, -0.15) is 21.0 Å². The Hall–Kier alpha value is -6.88. The second-order valence-electron chi connectivity index (χ2n) is 9.00. The van der Waals surface area contributed by atoms with Gasteiger partial charge in [-0.1, -0.05) is 11.8 Å². The van der Waals surface area contributed by atoms with Crippen molar-refractivity contribution in [2.24, 2.45) is 0 Å². The number of nitriles is 4. The molecule has 0 amide bonds. The Kier molecular flexibility index (Phi) is 8.60. The molecule has 0 heterocycles. The molecule has 4 rings (SSSR count). The maximum absolute atomic E-state index is 15.1. The number of hydrogen-bond donors (Lipinski definition) is 0. The van der Waals surface area contributed by atoms with Gasteiger partial charge >= 0.3 is 0 Å². The van der Waals surface area contributed by atoms with Gasteiger partial charge in [0.1, 0.15) is 41.0 Å². The molecule has 0 saturated heterocycles. The minimum absolute atomic E-state index is 0.791. The number of halogens is 12. The zero-order valence-electron chi connectivity index (χ0n) is 22.5. The second kappa shape index (κ2) is 12.1. The first kappa shape index (κ1) is 34.0. The second-order valence-corrected chi connectivity index (χ2v) is 9.00. The summed E-state index contributed by atoms with van der Waals surface area (Å²) in [6.45, 7) is 0. The summed E-state index contributed by atoms with van der Waals surface area (Å²) < 4.78 is 178. The fraction of sp³-hybridized carbons (Fsp3) is 0. The molecule has 0 unspecified atom stereocenters. The average molecular weight is 670 g/mol. The van der Waals surface area contributed by atoms with Crippen molar-refractivity contribution in [1.29, 1.82) is 21.0 Å². The van der Waals surface area contributed by atoms with E-state index < -0.39 is 137 Å². The monoisotopic (exact) mass is 670 g/mol. The van der Waals surface area contributed by atoms with Gasteiger partial charge in [0.15, 0.2) is 69.8 Å². The first-order valence-electron chi connectivity index (χ1n) is 12.0. The summed E-state index contributed by atoms with van der Waals surface area (Å²) in [7, 11) is 0. The smallest absolute Gasteiger partial charge is 0.180 e. The molecule has 1 fully saturated rings. The van der Waals surface area contributed by atoms with E-state index in [1.807, 2.05) is 0 Å². The zero-order valence-corrected chi connectivity index (χ0v) is 22.5. The Morgan fingerprint density at radius 1 is 0.375 bits per heavy atom. The van der Waals surface area contributed by atoms with E-state index in [9.17, 15) is 36.9 Å². The van der Waals surface area contributed by atoms with Crippen LogP contribution in [0.25, 0.3) is 16.7 Å². The lowest BCUT2D eigenvalue weighted by Gasteiger charge is -2.09. The fourth-order valence-electron chi connectivity index (χ4n) is 4.56. The number of rotatable bonds is 3. The standard InChI is InChI=1S/C32H2F12N4/c1-3-9(18-27(39)23(35)13(7-47)24(36)28(18)40)15-16(11(5-45)19-29(41)21(33)10(4-2)22(34)30(19)42)17(15)12(6-46)20-31(43)25(37)14(8-48)26(38)32(20)44/h1-2H/b15-9-,16-11?,17-12-. The van der Waals surface area contributed by atoms with Gasteiger partial charge in [-0.25, -0.2) is 52.7 Å². The van der Waals surface area contributed by atoms with Gasteiger partial charge in [0, 0.05) is 22.3 Å². The van der Waals surface area contributed by atoms with Gasteiger partial charge in [-0.3, -0.25) is 0 Å². The molecular formula is C32H2F12N4. The molecule has 0 spiro atoms. The van der Waals surface area contributed by atoms with Gasteiger partial charge in [-0.05, 0) is 0 Å². The molecule has 234 valence electrons. The molecule has 3 aromatic carbocycles. The Morgan fingerprint density at radius 2 is 0.625 bits per heavy atom. The van der Waals surface area contributed by atoms with E-state index in [1.54, 1.807) is 0 Å². The van der Waals surface area contributed by atoms with E-state index in [4.69, 9.17) is 23.4 Å². The molecule has 0 radical (unpaired) electrons. The highest BCUT2D eigenvalue weighted by molar-refractivity contribution is 6.12. The lowest BCUT2D eigenvalue weighted by molar-refractivity contribution is 0.447. The van der Waals surface area contributed by atoms with Crippen molar-refractivity contribution in [3.63, 3.8) is 0 Å². The molecule has 0 bridgehead atoms. The number of terminal acetylenes is 2. The summed E-state index contributed by atoms with van der Waals surface area (Å²) in [6, 6.07) is 3.63. The first-order valence-corrected chi connectivity index (χ1v) is 12.0. The van der Waals surface area contributed by atoms with Crippen molar-refractivity contribution in [2.75, 3.05) is 0 Å². The van der Waals surface area contributed by atoms with Gasteiger partial charge in [0.05, 0.1) is 27.8 Å². The van der Waals surface area contributed by atoms with Crippen molar-refractivity contribution in [3.8, 4) is 49.0 Å². The quantitative estimate of drug-likeness (QED) is 0.125. The zero-order chi connectivity index (χ0) is 36.1. The molecular weight excluding hydrogens is 668 g/mol. The van der Waals surface area contributed by atoms with Gasteiger partial charge < -0.3 is 0 Å². The minimum Gasteiger partial charge on any atom is -0.203 e. The van der Waals surface area contributed by atoms with Gasteiger partial charge in [0.25, 0.3) is 0 Å². The lowest BCUT2D eigenvalue weighted by Crippen LogP contribution is -2.06. The number of benzene rings is 3. The van der Waals surface area contributed by atoms with Crippen LogP contribution in [0.1, 0.15) is 33.4 Å². The van der Waals surface area contributed by atoms with E-state index in [2.05, 4.69) is 0 Å². The summed E-state index contributed by atoms with van der Waals surface area (Å²) in [4.78, 5) is 0. The SMILES string of the molecule is C#C/C(=C1\C(=C(C#N)c2c(F)c(F)c(C#C)c(F)c2F)\C1=C(\C#N)c1c(F)c(F)c(C#N)c(F)c1F)c1c(F)c(F)c(C#N)c(F)c1F. The van der Waals surface area contributed by atoms with Crippen molar-refractivity contribution in [3.05, 3.63) is 120 Å². The van der Waals surface area contributed by atoms with Crippen molar-refractivity contribution in [2.45, 2.75) is 0 Å². The average Bonchev–Trinajstić information content (AvgIpc) is 3.78. The number of nitrogens with zero attached hydrogens (tertiary/aromatic N) is 4. The third-order valence-corrected chi connectivity index (χ3v) is 6.71. The Morgan fingerprint density at radius 3 is 0.854 bits per heavy atom. The van der Waals surface area contributed by atoms with Crippen LogP contribution in [-0.2, 0) is 0 Å². The van der Waals surface area contributed by atoms with Crippen LogP contribution in [0.4, 0.5) is 52.7 Å². The van der Waals surface area contributed by atoms with Crippen LogP contribution in [0.15, 0.2) is 16.7 Å². The lowest BCUT2D eigenvalue weighted by atomic mass is 9.98. The first-order chi connectivity index (χ1) is 22.6. The van der Waals surface area contributed by atoms with Crippen LogP contribution in [0.3, 0.4) is 0 Å². The van der Waals surface area contributed by atoms with Crippen molar-refractivity contribution in [1.82, 2.24) is 0 Å². The van der Waals surface area contributed by atoms with E-state index >= 15 is 26.3 Å². The van der Waals surface area contributed by atoms with Crippen molar-refractivity contribution < 1.29 is 52.7 Å². The molecule has 0 aliphatic heterocycles. The molecule has 48 heavy (non-hydrogen) atoms. The molecule has 16 heteroatoms. The van der Waals surface area contributed by atoms with Crippen LogP contribution < -0.4 is 0 Å². The van der Waals surface area contributed by atoms with E-state index in [0.29, 0.717) is 0 Å². The largest absolute Gasteiger partial charge is 0.203 e. The molecule has 1 aliphatic carbocycles. The molecule has 0 N–H and O–H groups in total. The molecule has 0 atom stereocenters. The Balaban J connectivity index is 2.38. The highest BCUT2D eigenvalue weighted by Crippen LogP contribution is 2.57. The van der Waals surface area contributed by atoms with Gasteiger partial charge in [0.2, 0.25) is 0 Å². The van der Waals surface area contributed by atoms with Crippen LogP contribution in [-0.4, -0.2) is 0 Å². The normalized spacial score (nSPS) is 14.9. The fourth-order valence-corrected chi connectivity index (χ4v) is 4.56. The van der Waals surface area contributed by atoms with Crippen LogP contribution in [0.5, 0.6) is 0 Å². The Bertz CT molecular complexity index is 2060. The van der Waals surface area contributed by atoms with E-state index in [1.165, 1.54) is 11.8 Å². The predicted octanol–water partition coefficient (Wildman–Crippen LogP) is 7.44. The molecule has 1 saturated carbocycles. The summed E-state index contributed by atoms with van der Waals surface area (Å²) >= 11 is 0. The molecule has 0 aromatic heterocycles. The van der Waals surface area contributed by atoms with Crippen molar-refractivity contribution >= 4 is 16.7 Å². The molecule has 4 nitrogen and oxygen atoms in total. The summed E-state index contributed by atoms with van der Waals surface area (Å²) in [5.41, 5.74) is -20.1. The third-order valence-electron chi connectivity index (χ3n) is 6.71. The maximum Gasteiger partial charge on any atom is 0.180 e. The van der Waals surface area contributed by atoms with Crippen LogP contribution >= 0.6 is 0 Å². The van der Waals surface area contributed by atoms with Gasteiger partial charge in [-0.15, -0.1) is 12.8 Å². The van der Waals surface area contributed by atoms with E-state index in [0.717, 1.165) is 24.3 Å². The van der Waals surface area contributed by atoms with Crippen LogP contribution in [0.2, 0.25) is 0 Å². The number of hydrogen-bond acceptors (Lipinski definition) is 4. The maximum atomic E-state index is 15.1. The number of allylic oxidation sites excluding steroid dienone is 6. The summed E-state index contributed by atoms with van der Waals surface area (Å²) in [6.07, 6.45) is 10.1. The molecule has 1 aliphatic rings. The summed E-state index contributed by atoms with van der Waals surface area (Å²) in [5, 5.41) is 37.4.